The van der Waals surface area contributed by atoms with Gasteiger partial charge in [-0.3, -0.25) is 0 Å². The lowest BCUT2D eigenvalue weighted by atomic mass is 10.0. The minimum Gasteiger partial charge on any atom is -0.501 e. The van der Waals surface area contributed by atoms with E-state index in [-0.39, 0.29) is 5.97 Å². The summed E-state index contributed by atoms with van der Waals surface area (Å²) in [6.45, 7) is 7.13. The average molecular weight is 452 g/mol. The zero-order valence-electron chi connectivity index (χ0n) is 14.2. The van der Waals surface area contributed by atoms with E-state index < -0.39 is 0 Å². The van der Waals surface area contributed by atoms with Gasteiger partial charge in [-0.05, 0) is 41.5 Å². The van der Waals surface area contributed by atoms with Gasteiger partial charge in [-0.25, -0.2) is 4.79 Å². The molecule has 0 amide bonds. The molecule has 0 aliphatic carbocycles. The molecule has 0 bridgehead atoms. The van der Waals surface area contributed by atoms with E-state index in [2.05, 4.69) is 41.1 Å². The summed E-state index contributed by atoms with van der Waals surface area (Å²) in [6.07, 6.45) is 4.15. The molecule has 23 heavy (non-hydrogen) atoms. The molecule has 1 fully saturated rings. The molecular formula is C17H25IO4S. The van der Waals surface area contributed by atoms with Crippen LogP contribution in [-0.2, 0) is 19.0 Å². The Kier molecular flexibility index (Phi) is 9.78. The van der Waals surface area contributed by atoms with Gasteiger partial charge in [0.05, 0.1) is 25.9 Å². The number of allylic oxidation sites excluding steroid dienone is 4. The van der Waals surface area contributed by atoms with Gasteiger partial charge >= 0.3 is 5.97 Å². The van der Waals surface area contributed by atoms with E-state index >= 15 is 0 Å². The Morgan fingerprint density at radius 3 is 2.65 bits per heavy atom. The van der Waals surface area contributed by atoms with Crippen molar-refractivity contribution >= 4 is 36.1 Å². The first kappa shape index (κ1) is 20.4. The Morgan fingerprint density at radius 2 is 2.17 bits per heavy atom. The quantitative estimate of drug-likeness (QED) is 0.124. The number of carbonyl (C=O) groups is 1. The molecule has 0 radical (unpaired) electrons. The molecule has 4 nitrogen and oxygen atoms in total. The topological polar surface area (TPSA) is 44.8 Å². The summed E-state index contributed by atoms with van der Waals surface area (Å²) in [7, 11) is 3.35. The summed E-state index contributed by atoms with van der Waals surface area (Å²) >= 11 is 2.24. The van der Waals surface area contributed by atoms with Gasteiger partial charge in [-0.2, -0.15) is 0 Å². The Hall–Kier alpha value is -0.630. The zero-order valence-corrected chi connectivity index (χ0v) is 17.2. The first-order chi connectivity index (χ1) is 11.0. The summed E-state index contributed by atoms with van der Waals surface area (Å²) in [5, 5.41) is 0. The Bertz CT molecular complexity index is 499. The van der Waals surface area contributed by atoms with E-state index in [0.29, 0.717) is 37.4 Å². The second kappa shape index (κ2) is 11.0. The van der Waals surface area contributed by atoms with Gasteiger partial charge in [0.25, 0.3) is 0 Å². The van der Waals surface area contributed by atoms with Crippen molar-refractivity contribution < 1.29 is 19.0 Å². The summed E-state index contributed by atoms with van der Waals surface area (Å²) in [5.41, 5.74) is 2.79. The number of cyclic esters (lactones) is 1. The largest absolute Gasteiger partial charge is 0.501 e. The summed E-state index contributed by atoms with van der Waals surface area (Å²) in [5.74, 6) is 2.08. The van der Waals surface area contributed by atoms with Crippen LogP contribution in [0.1, 0.15) is 40.0 Å². The monoisotopic (exact) mass is 452 g/mol. The zero-order chi connectivity index (χ0) is 17.2. The van der Waals surface area contributed by atoms with Crippen molar-refractivity contribution in [2.75, 3.05) is 26.1 Å². The van der Waals surface area contributed by atoms with Crippen LogP contribution in [0.15, 0.2) is 34.3 Å². The molecule has 0 unspecified atom stereocenters. The van der Waals surface area contributed by atoms with Crippen LogP contribution in [0.3, 0.4) is 0 Å². The molecule has 0 aromatic rings. The molecule has 1 aliphatic rings. The highest BCUT2D eigenvalue weighted by Gasteiger charge is 2.27. The minimum absolute atomic E-state index is 0.275. The Labute approximate surface area is 155 Å². The normalized spacial score (nSPS) is 17.3. The molecule has 130 valence electrons. The predicted octanol–water partition coefficient (Wildman–Crippen LogP) is 4.95. The molecule has 6 heteroatoms. The third-order valence-electron chi connectivity index (χ3n) is 3.41. The first-order valence-corrected chi connectivity index (χ1v) is 11.2. The highest BCUT2D eigenvalue weighted by atomic mass is 127. The number of halogens is 1. The van der Waals surface area contributed by atoms with Gasteiger partial charge in [0.15, 0.2) is 0 Å². The highest BCUT2D eigenvalue weighted by molar-refractivity contribution is 14.2. The summed E-state index contributed by atoms with van der Waals surface area (Å²) < 4.78 is 16.7. The van der Waals surface area contributed by atoms with Crippen LogP contribution in [0, 0.1) is 0 Å². The van der Waals surface area contributed by atoms with Crippen molar-refractivity contribution in [2.45, 2.75) is 40.0 Å². The maximum absolute atomic E-state index is 12.0. The van der Waals surface area contributed by atoms with Crippen LogP contribution in [0.4, 0.5) is 0 Å². The van der Waals surface area contributed by atoms with Crippen LogP contribution in [-0.4, -0.2) is 32.0 Å². The van der Waals surface area contributed by atoms with Crippen LogP contribution in [0.2, 0.25) is 0 Å². The summed E-state index contributed by atoms with van der Waals surface area (Å²) in [6, 6.07) is 0. The second-order valence-electron chi connectivity index (χ2n) is 5.30. The number of carbonyl (C=O) groups excluding carboxylic acids is 1. The smallest absolute Gasteiger partial charge is 0.337 e. The molecular weight excluding hydrogens is 427 g/mol. The fourth-order valence-corrected chi connectivity index (χ4v) is 2.98. The standard InChI is InChI=1S/C17H25IO4S/c1-5-15(20-4)13(7-6-12(2)3)16(21-10-11-23-18)14-8-9-22-17(14)19/h6H,5,7-11H2,1-4H3/b15-13+,16-14-. The van der Waals surface area contributed by atoms with Crippen molar-refractivity contribution in [1.82, 2.24) is 0 Å². The lowest BCUT2D eigenvalue weighted by Crippen LogP contribution is -2.10. The molecule has 1 rings (SSSR count). The van der Waals surface area contributed by atoms with E-state index in [4.69, 9.17) is 14.2 Å². The van der Waals surface area contributed by atoms with E-state index in [1.165, 1.54) is 5.57 Å². The molecule has 0 saturated carbocycles. The van der Waals surface area contributed by atoms with E-state index in [1.54, 1.807) is 16.0 Å². The predicted molar refractivity (Wildman–Crippen MR) is 103 cm³/mol. The van der Waals surface area contributed by atoms with Crippen molar-refractivity contribution in [2.24, 2.45) is 0 Å². The Balaban J connectivity index is 3.28. The van der Waals surface area contributed by atoms with Gasteiger partial charge in [0, 0.05) is 24.2 Å². The fourth-order valence-electron chi connectivity index (χ4n) is 2.29. The van der Waals surface area contributed by atoms with Gasteiger partial charge < -0.3 is 14.2 Å². The van der Waals surface area contributed by atoms with Crippen molar-refractivity contribution in [3.8, 4) is 0 Å². The van der Waals surface area contributed by atoms with Gasteiger partial charge in [0.2, 0.25) is 0 Å². The molecule has 1 heterocycles. The molecule has 0 aromatic heterocycles. The number of hydrogen-bond donors (Lipinski definition) is 0. The fraction of sp³-hybridized carbons (Fsp3) is 0.588. The Morgan fingerprint density at radius 1 is 1.43 bits per heavy atom. The van der Waals surface area contributed by atoms with E-state index in [1.807, 2.05) is 6.92 Å². The van der Waals surface area contributed by atoms with Crippen LogP contribution in [0.25, 0.3) is 0 Å². The number of esters is 1. The van der Waals surface area contributed by atoms with Gasteiger partial charge in [0.1, 0.15) is 11.5 Å². The number of ether oxygens (including phenoxy) is 3. The number of methoxy groups -OCH3 is 1. The third-order valence-corrected chi connectivity index (χ3v) is 5.05. The SMILES string of the molecule is CC/C(OC)=C(CC=C(C)C)\C(OCCSI)=C1/CCOC1=O. The maximum Gasteiger partial charge on any atom is 0.337 e. The number of hydrogen-bond acceptors (Lipinski definition) is 5. The van der Waals surface area contributed by atoms with Crippen molar-refractivity contribution in [3.63, 3.8) is 0 Å². The summed E-state index contributed by atoms with van der Waals surface area (Å²) in [4.78, 5) is 12.0. The van der Waals surface area contributed by atoms with Gasteiger partial charge in [-0.15, -0.1) is 0 Å². The van der Waals surface area contributed by atoms with Crippen LogP contribution < -0.4 is 0 Å². The second-order valence-corrected chi connectivity index (χ2v) is 7.80. The first-order valence-electron chi connectivity index (χ1n) is 7.71. The maximum atomic E-state index is 12.0. The van der Waals surface area contributed by atoms with Crippen LogP contribution >= 0.6 is 30.1 Å². The van der Waals surface area contributed by atoms with Gasteiger partial charge in [-0.1, -0.05) is 27.5 Å². The molecule has 0 atom stereocenters. The van der Waals surface area contributed by atoms with E-state index in [9.17, 15) is 4.79 Å². The van der Waals surface area contributed by atoms with E-state index in [0.717, 1.165) is 23.5 Å². The molecule has 0 spiro atoms. The number of rotatable bonds is 9. The molecule has 1 saturated heterocycles. The molecule has 1 aliphatic heterocycles. The lowest BCUT2D eigenvalue weighted by Gasteiger charge is -2.18. The van der Waals surface area contributed by atoms with Crippen molar-refractivity contribution in [1.29, 1.82) is 0 Å². The average Bonchev–Trinajstić information content (AvgIpc) is 2.94. The highest BCUT2D eigenvalue weighted by Crippen LogP contribution is 2.30. The van der Waals surface area contributed by atoms with Crippen molar-refractivity contribution in [3.05, 3.63) is 34.3 Å². The molecule has 0 N–H and O–H groups in total. The minimum atomic E-state index is -0.275. The third kappa shape index (κ3) is 6.41. The molecule has 0 aromatic carbocycles. The van der Waals surface area contributed by atoms with Crippen LogP contribution in [0.5, 0.6) is 0 Å². The lowest BCUT2D eigenvalue weighted by molar-refractivity contribution is -0.135.